The Morgan fingerprint density at radius 1 is 1.04 bits per heavy atom. The number of aromatic nitrogens is 1. The summed E-state index contributed by atoms with van der Waals surface area (Å²) in [5.41, 5.74) is 1.51. The topological polar surface area (TPSA) is 62.3 Å². The van der Waals surface area contributed by atoms with Gasteiger partial charge in [0.25, 0.3) is 5.91 Å². The molecule has 1 heterocycles. The van der Waals surface area contributed by atoms with Gasteiger partial charge < -0.3 is 10.2 Å². The summed E-state index contributed by atoms with van der Waals surface area (Å²) in [5, 5.41) is 4.69. The molecule has 3 aromatic rings. The standard InChI is InChI=1S/C20H19N3O2/c1-23(14-19(24)22-13-15-6-5-11-21-12-15)20(25)18-10-4-8-16-7-2-3-9-17(16)18/h2-12H,13-14H2,1H3,(H,22,24). The van der Waals surface area contributed by atoms with E-state index in [1.54, 1.807) is 25.5 Å². The molecule has 0 radical (unpaired) electrons. The molecule has 0 aliphatic rings. The first-order chi connectivity index (χ1) is 12.1. The van der Waals surface area contributed by atoms with Gasteiger partial charge in [-0.15, -0.1) is 0 Å². The largest absolute Gasteiger partial charge is 0.350 e. The summed E-state index contributed by atoms with van der Waals surface area (Å²) in [6, 6.07) is 17.0. The number of nitrogens with zero attached hydrogens (tertiary/aromatic N) is 2. The van der Waals surface area contributed by atoms with Gasteiger partial charge in [-0.05, 0) is 28.5 Å². The summed E-state index contributed by atoms with van der Waals surface area (Å²) in [4.78, 5) is 30.2. The summed E-state index contributed by atoms with van der Waals surface area (Å²) in [7, 11) is 1.63. The lowest BCUT2D eigenvalue weighted by Crippen LogP contribution is -2.38. The van der Waals surface area contributed by atoms with Crippen LogP contribution in [0, 0.1) is 0 Å². The van der Waals surface area contributed by atoms with Crippen molar-refractivity contribution >= 4 is 22.6 Å². The second kappa shape index (κ2) is 7.57. The van der Waals surface area contributed by atoms with E-state index in [1.807, 2.05) is 48.5 Å². The number of fused-ring (bicyclic) bond motifs is 1. The van der Waals surface area contributed by atoms with Gasteiger partial charge in [-0.3, -0.25) is 14.6 Å². The minimum Gasteiger partial charge on any atom is -0.350 e. The van der Waals surface area contributed by atoms with Crippen LogP contribution in [0.15, 0.2) is 67.0 Å². The molecule has 5 nitrogen and oxygen atoms in total. The van der Waals surface area contributed by atoms with Gasteiger partial charge in [0.2, 0.25) is 5.91 Å². The Hall–Kier alpha value is -3.21. The third-order valence-electron chi connectivity index (χ3n) is 3.96. The number of hydrogen-bond acceptors (Lipinski definition) is 3. The van der Waals surface area contributed by atoms with Gasteiger partial charge in [0.15, 0.2) is 0 Å². The molecule has 0 bridgehead atoms. The van der Waals surface area contributed by atoms with Crippen molar-refractivity contribution in [3.05, 3.63) is 78.1 Å². The number of amides is 2. The van der Waals surface area contributed by atoms with Crippen molar-refractivity contribution in [3.8, 4) is 0 Å². The molecule has 0 aliphatic heterocycles. The van der Waals surface area contributed by atoms with Crippen molar-refractivity contribution in [2.75, 3.05) is 13.6 Å². The number of carbonyl (C=O) groups excluding carboxylic acids is 2. The molecule has 5 heteroatoms. The molecule has 25 heavy (non-hydrogen) atoms. The molecule has 0 aliphatic carbocycles. The highest BCUT2D eigenvalue weighted by atomic mass is 16.2. The molecule has 0 saturated carbocycles. The SMILES string of the molecule is CN(CC(=O)NCc1cccnc1)C(=O)c1cccc2ccccc12. The molecule has 0 fully saturated rings. The summed E-state index contributed by atoms with van der Waals surface area (Å²) in [5.74, 6) is -0.381. The Morgan fingerprint density at radius 3 is 2.64 bits per heavy atom. The minimum absolute atomic E-state index is 0.00230. The molecule has 1 N–H and O–H groups in total. The Labute approximate surface area is 146 Å². The summed E-state index contributed by atoms with van der Waals surface area (Å²) < 4.78 is 0. The molecule has 2 aromatic carbocycles. The van der Waals surface area contributed by atoms with Crippen LogP contribution in [0.4, 0.5) is 0 Å². The van der Waals surface area contributed by atoms with Gasteiger partial charge in [-0.1, -0.05) is 42.5 Å². The summed E-state index contributed by atoms with van der Waals surface area (Å²) in [6.45, 7) is 0.394. The zero-order valence-electron chi connectivity index (χ0n) is 14.0. The zero-order valence-corrected chi connectivity index (χ0v) is 14.0. The third kappa shape index (κ3) is 4.01. The quantitative estimate of drug-likeness (QED) is 0.781. The molecular formula is C20H19N3O2. The number of carbonyl (C=O) groups is 2. The Morgan fingerprint density at radius 2 is 1.84 bits per heavy atom. The molecule has 2 amide bonds. The van der Waals surface area contributed by atoms with E-state index >= 15 is 0 Å². The lowest BCUT2D eigenvalue weighted by atomic mass is 10.0. The molecule has 0 atom stereocenters. The van der Waals surface area contributed by atoms with Crippen LogP contribution in [-0.2, 0) is 11.3 Å². The number of benzene rings is 2. The maximum Gasteiger partial charge on any atom is 0.254 e. The number of pyridine rings is 1. The molecule has 3 rings (SSSR count). The molecule has 0 unspecified atom stereocenters. The van der Waals surface area contributed by atoms with Gasteiger partial charge in [0, 0.05) is 31.5 Å². The number of likely N-dealkylation sites (N-methyl/N-ethyl adjacent to an activating group) is 1. The first-order valence-electron chi connectivity index (χ1n) is 8.04. The van der Waals surface area contributed by atoms with Crippen LogP contribution in [-0.4, -0.2) is 35.3 Å². The first-order valence-corrected chi connectivity index (χ1v) is 8.04. The predicted molar refractivity (Wildman–Crippen MR) is 97.0 cm³/mol. The average Bonchev–Trinajstić information content (AvgIpc) is 2.66. The van der Waals surface area contributed by atoms with Crippen molar-refractivity contribution in [1.82, 2.24) is 15.2 Å². The maximum atomic E-state index is 12.7. The number of nitrogens with one attached hydrogen (secondary N) is 1. The van der Waals surface area contributed by atoms with Crippen molar-refractivity contribution in [2.24, 2.45) is 0 Å². The van der Waals surface area contributed by atoms with Crippen LogP contribution in [0.3, 0.4) is 0 Å². The second-order valence-corrected chi connectivity index (χ2v) is 5.83. The fourth-order valence-electron chi connectivity index (χ4n) is 2.66. The second-order valence-electron chi connectivity index (χ2n) is 5.83. The Balaban J connectivity index is 1.65. The number of hydrogen-bond donors (Lipinski definition) is 1. The van der Waals surface area contributed by atoms with Gasteiger partial charge in [-0.25, -0.2) is 0 Å². The zero-order chi connectivity index (χ0) is 17.6. The summed E-state index contributed by atoms with van der Waals surface area (Å²) >= 11 is 0. The van der Waals surface area contributed by atoms with E-state index in [1.165, 1.54) is 4.90 Å². The normalized spacial score (nSPS) is 10.4. The van der Waals surface area contributed by atoms with Gasteiger partial charge in [0.1, 0.15) is 0 Å². The van der Waals surface area contributed by atoms with Crippen molar-refractivity contribution < 1.29 is 9.59 Å². The molecule has 126 valence electrons. The number of rotatable bonds is 5. The van der Waals surface area contributed by atoms with E-state index in [4.69, 9.17) is 0 Å². The van der Waals surface area contributed by atoms with E-state index in [2.05, 4.69) is 10.3 Å². The van der Waals surface area contributed by atoms with E-state index < -0.39 is 0 Å². The molecular weight excluding hydrogens is 314 g/mol. The highest BCUT2D eigenvalue weighted by Gasteiger charge is 2.16. The van der Waals surface area contributed by atoms with Crippen molar-refractivity contribution in [3.63, 3.8) is 0 Å². The highest BCUT2D eigenvalue weighted by Crippen LogP contribution is 2.19. The van der Waals surface area contributed by atoms with Crippen LogP contribution in [0.1, 0.15) is 15.9 Å². The third-order valence-corrected chi connectivity index (χ3v) is 3.96. The minimum atomic E-state index is -0.208. The lowest BCUT2D eigenvalue weighted by molar-refractivity contribution is -0.121. The first kappa shape index (κ1) is 16.6. The van der Waals surface area contributed by atoms with E-state index in [9.17, 15) is 9.59 Å². The fraction of sp³-hybridized carbons (Fsp3) is 0.150. The van der Waals surface area contributed by atoms with Gasteiger partial charge in [0.05, 0.1) is 6.54 Å². The van der Waals surface area contributed by atoms with Crippen LogP contribution in [0.2, 0.25) is 0 Å². The summed E-state index contributed by atoms with van der Waals surface area (Å²) in [6.07, 6.45) is 3.38. The van der Waals surface area contributed by atoms with Crippen LogP contribution in [0.25, 0.3) is 10.8 Å². The van der Waals surface area contributed by atoms with Crippen LogP contribution in [0.5, 0.6) is 0 Å². The van der Waals surface area contributed by atoms with Crippen LogP contribution < -0.4 is 5.32 Å². The highest BCUT2D eigenvalue weighted by molar-refractivity contribution is 6.07. The average molecular weight is 333 g/mol. The van der Waals surface area contributed by atoms with Crippen molar-refractivity contribution in [1.29, 1.82) is 0 Å². The Bertz CT molecular complexity index is 888. The smallest absolute Gasteiger partial charge is 0.254 e. The van der Waals surface area contributed by atoms with Gasteiger partial charge >= 0.3 is 0 Å². The van der Waals surface area contributed by atoms with E-state index in [0.29, 0.717) is 12.1 Å². The van der Waals surface area contributed by atoms with Gasteiger partial charge in [-0.2, -0.15) is 0 Å². The maximum absolute atomic E-state index is 12.7. The molecule has 1 aromatic heterocycles. The van der Waals surface area contributed by atoms with E-state index in [0.717, 1.165) is 16.3 Å². The lowest BCUT2D eigenvalue weighted by Gasteiger charge is -2.18. The van der Waals surface area contributed by atoms with E-state index in [-0.39, 0.29) is 18.4 Å². The molecule has 0 spiro atoms. The predicted octanol–water partition coefficient (Wildman–Crippen LogP) is 2.62. The Kier molecular flexibility index (Phi) is 5.04. The van der Waals surface area contributed by atoms with Crippen LogP contribution >= 0.6 is 0 Å². The monoisotopic (exact) mass is 333 g/mol. The molecule has 0 saturated heterocycles. The van der Waals surface area contributed by atoms with Crippen molar-refractivity contribution in [2.45, 2.75) is 6.54 Å². The fourth-order valence-corrected chi connectivity index (χ4v) is 2.66.